The van der Waals surface area contributed by atoms with E-state index in [1.807, 2.05) is 0 Å². The fourth-order valence-corrected chi connectivity index (χ4v) is 1.60. The summed E-state index contributed by atoms with van der Waals surface area (Å²) in [5.41, 5.74) is 0. The van der Waals surface area contributed by atoms with Crippen LogP contribution in [0, 0.1) is 0 Å². The van der Waals surface area contributed by atoms with E-state index in [0.717, 1.165) is 32.8 Å². The van der Waals surface area contributed by atoms with Gasteiger partial charge < -0.3 is 4.74 Å². The molecule has 1 fully saturated rings. The van der Waals surface area contributed by atoms with Crippen molar-refractivity contribution in [2.24, 2.45) is 0 Å². The molecule has 6 heteroatoms. The predicted molar refractivity (Wildman–Crippen MR) is 62.6 cm³/mol. The second-order valence-electron chi connectivity index (χ2n) is 3.64. The van der Waals surface area contributed by atoms with Gasteiger partial charge in [-0.05, 0) is 0 Å². The molecule has 0 saturated carbocycles. The van der Waals surface area contributed by atoms with Crippen LogP contribution in [0.4, 0.5) is 0 Å². The number of hydrogen-bond donors (Lipinski definition) is 0. The van der Waals surface area contributed by atoms with Crippen molar-refractivity contribution in [1.29, 1.82) is 0 Å². The predicted octanol–water partition coefficient (Wildman–Crippen LogP) is 0.135. The van der Waals surface area contributed by atoms with E-state index in [9.17, 15) is 9.59 Å². The van der Waals surface area contributed by atoms with Crippen LogP contribution in [0.2, 0.25) is 0 Å². The summed E-state index contributed by atoms with van der Waals surface area (Å²) in [5.74, 6) is -0.369. The zero-order valence-electron chi connectivity index (χ0n) is 9.77. The van der Waals surface area contributed by atoms with Crippen LogP contribution in [0.5, 0.6) is 0 Å². The lowest BCUT2D eigenvalue weighted by Crippen LogP contribution is -2.43. The van der Waals surface area contributed by atoms with E-state index >= 15 is 0 Å². The van der Waals surface area contributed by atoms with Crippen LogP contribution in [0.3, 0.4) is 0 Å². The van der Waals surface area contributed by atoms with Gasteiger partial charge in [0.2, 0.25) is 11.8 Å². The molecule has 0 unspecified atom stereocenters. The Labute approximate surface area is 102 Å². The maximum absolute atomic E-state index is 11.1. The van der Waals surface area contributed by atoms with E-state index in [1.54, 1.807) is 0 Å². The number of carbonyl (C=O) groups is 2. The van der Waals surface area contributed by atoms with E-state index < -0.39 is 0 Å². The van der Waals surface area contributed by atoms with Crippen LogP contribution in [0.25, 0.3) is 0 Å². The average molecular weight is 251 g/mol. The Morgan fingerprint density at radius 1 is 1.19 bits per heavy atom. The topological polar surface area (TPSA) is 49.9 Å². The minimum absolute atomic E-state index is 0. The lowest BCUT2D eigenvalue weighted by molar-refractivity contribution is -0.142. The molecule has 1 aliphatic heterocycles. The molecule has 2 amide bonds. The Balaban J connectivity index is 0.00000225. The van der Waals surface area contributed by atoms with Crippen molar-refractivity contribution in [3.05, 3.63) is 0 Å². The molecular weight excluding hydrogens is 232 g/mol. The minimum Gasteiger partial charge on any atom is -0.379 e. The summed E-state index contributed by atoms with van der Waals surface area (Å²) in [5, 5.41) is 0. The third-order valence-corrected chi connectivity index (χ3v) is 2.50. The number of rotatable bonds is 3. The van der Waals surface area contributed by atoms with Crippen molar-refractivity contribution in [2.75, 3.05) is 39.4 Å². The largest absolute Gasteiger partial charge is 0.379 e. The average Bonchev–Trinajstić information content (AvgIpc) is 2.18. The number of imide groups is 1. The first kappa shape index (κ1) is 15.3. The van der Waals surface area contributed by atoms with E-state index in [1.165, 1.54) is 18.7 Å². The number of carbonyl (C=O) groups excluding carboxylic acids is 2. The second-order valence-corrected chi connectivity index (χ2v) is 3.64. The third kappa shape index (κ3) is 4.92. The molecule has 0 N–H and O–H groups in total. The summed E-state index contributed by atoms with van der Waals surface area (Å²) in [6, 6.07) is 0. The van der Waals surface area contributed by atoms with E-state index in [2.05, 4.69) is 4.90 Å². The minimum atomic E-state index is -0.184. The van der Waals surface area contributed by atoms with Gasteiger partial charge >= 0.3 is 0 Å². The van der Waals surface area contributed by atoms with Gasteiger partial charge in [-0.3, -0.25) is 19.4 Å². The summed E-state index contributed by atoms with van der Waals surface area (Å²) < 4.78 is 5.21. The van der Waals surface area contributed by atoms with Gasteiger partial charge in [0.05, 0.1) is 13.2 Å². The standard InChI is InChI=1S/C10H18N2O3.ClH/c1-9(13)12(10(2)14)4-3-11-5-7-15-8-6-11;/h3-8H2,1-2H3;1H. The maximum atomic E-state index is 11.1. The molecule has 5 nitrogen and oxygen atoms in total. The monoisotopic (exact) mass is 250 g/mol. The second kappa shape index (κ2) is 7.60. The third-order valence-electron chi connectivity index (χ3n) is 2.50. The highest BCUT2D eigenvalue weighted by Gasteiger charge is 2.16. The maximum Gasteiger partial charge on any atom is 0.226 e. The molecule has 0 spiro atoms. The fourth-order valence-electron chi connectivity index (χ4n) is 1.60. The van der Waals surface area contributed by atoms with Gasteiger partial charge in [0.1, 0.15) is 0 Å². The lowest BCUT2D eigenvalue weighted by atomic mass is 10.3. The van der Waals surface area contributed by atoms with Crippen molar-refractivity contribution < 1.29 is 14.3 Å². The first-order valence-corrected chi connectivity index (χ1v) is 5.20. The molecule has 0 bridgehead atoms. The molecule has 1 rings (SSSR count). The van der Waals surface area contributed by atoms with Crippen LogP contribution in [-0.2, 0) is 14.3 Å². The lowest BCUT2D eigenvalue weighted by Gasteiger charge is -2.28. The molecule has 1 aliphatic rings. The SMILES string of the molecule is CC(=O)N(CCN1CCOCC1)C(C)=O.Cl. The number of amides is 2. The van der Waals surface area contributed by atoms with E-state index in [0.29, 0.717) is 6.54 Å². The first-order chi connectivity index (χ1) is 7.11. The molecule has 16 heavy (non-hydrogen) atoms. The fraction of sp³-hybridized carbons (Fsp3) is 0.800. The highest BCUT2D eigenvalue weighted by Crippen LogP contribution is 1.98. The van der Waals surface area contributed by atoms with E-state index in [-0.39, 0.29) is 24.2 Å². The summed E-state index contributed by atoms with van der Waals surface area (Å²) in [4.78, 5) is 25.7. The van der Waals surface area contributed by atoms with Crippen LogP contribution in [0.15, 0.2) is 0 Å². The Hall–Kier alpha value is -0.650. The zero-order chi connectivity index (χ0) is 11.3. The van der Waals surface area contributed by atoms with Crippen LogP contribution in [0.1, 0.15) is 13.8 Å². The van der Waals surface area contributed by atoms with Gasteiger partial charge in [-0.15, -0.1) is 12.4 Å². The van der Waals surface area contributed by atoms with Gasteiger partial charge in [-0.2, -0.15) is 0 Å². The van der Waals surface area contributed by atoms with Crippen molar-refractivity contribution >= 4 is 24.2 Å². The van der Waals surface area contributed by atoms with Gasteiger partial charge in [0.25, 0.3) is 0 Å². The summed E-state index contributed by atoms with van der Waals surface area (Å²) in [7, 11) is 0. The molecule has 0 aliphatic carbocycles. The van der Waals surface area contributed by atoms with Crippen molar-refractivity contribution in [1.82, 2.24) is 9.80 Å². The highest BCUT2D eigenvalue weighted by atomic mass is 35.5. The molecule has 1 heterocycles. The van der Waals surface area contributed by atoms with Gasteiger partial charge in [0, 0.05) is 40.0 Å². The van der Waals surface area contributed by atoms with Gasteiger partial charge in [-0.25, -0.2) is 0 Å². The smallest absolute Gasteiger partial charge is 0.226 e. The number of nitrogens with zero attached hydrogens (tertiary/aromatic N) is 2. The van der Waals surface area contributed by atoms with Gasteiger partial charge in [-0.1, -0.05) is 0 Å². The number of morpholine rings is 1. The Morgan fingerprint density at radius 3 is 2.12 bits per heavy atom. The Morgan fingerprint density at radius 2 is 1.69 bits per heavy atom. The molecule has 0 aromatic heterocycles. The molecule has 1 saturated heterocycles. The molecule has 94 valence electrons. The van der Waals surface area contributed by atoms with Crippen LogP contribution >= 0.6 is 12.4 Å². The Bertz CT molecular complexity index is 228. The first-order valence-electron chi connectivity index (χ1n) is 5.20. The molecule has 0 radical (unpaired) electrons. The molecule has 0 aromatic rings. The summed E-state index contributed by atoms with van der Waals surface area (Å²) in [6.07, 6.45) is 0. The van der Waals surface area contributed by atoms with Crippen molar-refractivity contribution in [2.45, 2.75) is 13.8 Å². The number of ether oxygens (including phenoxy) is 1. The van der Waals surface area contributed by atoms with Crippen LogP contribution < -0.4 is 0 Å². The molecular formula is C10H19ClN2O3. The zero-order valence-corrected chi connectivity index (χ0v) is 10.6. The molecule has 0 aromatic carbocycles. The van der Waals surface area contributed by atoms with Crippen molar-refractivity contribution in [3.63, 3.8) is 0 Å². The quantitative estimate of drug-likeness (QED) is 0.715. The van der Waals surface area contributed by atoms with Crippen LogP contribution in [-0.4, -0.2) is 61.0 Å². The van der Waals surface area contributed by atoms with Crippen molar-refractivity contribution in [3.8, 4) is 0 Å². The number of hydrogen-bond acceptors (Lipinski definition) is 4. The molecule has 0 atom stereocenters. The van der Waals surface area contributed by atoms with Gasteiger partial charge in [0.15, 0.2) is 0 Å². The highest BCUT2D eigenvalue weighted by molar-refractivity contribution is 5.92. The summed E-state index contributed by atoms with van der Waals surface area (Å²) in [6.45, 7) is 7.28. The summed E-state index contributed by atoms with van der Waals surface area (Å²) >= 11 is 0. The normalized spacial score (nSPS) is 16.4. The Kier molecular flexibility index (Phi) is 7.29. The number of halogens is 1. The van der Waals surface area contributed by atoms with E-state index in [4.69, 9.17) is 4.74 Å².